The molecule has 0 saturated carbocycles. The van der Waals surface area contributed by atoms with Crippen molar-refractivity contribution in [3.63, 3.8) is 0 Å². The number of rotatable bonds is 3. The average Bonchev–Trinajstić information content (AvgIpc) is 3.11. The van der Waals surface area contributed by atoms with Gasteiger partial charge in [0.15, 0.2) is 11.9 Å². The number of hydrogen-bond donors (Lipinski definition) is 2. The maximum Gasteiger partial charge on any atom is 0.345 e. The Labute approximate surface area is 139 Å². The van der Waals surface area contributed by atoms with Crippen LogP contribution >= 0.6 is 35.0 Å². The number of aliphatic carboxylic acids is 1. The van der Waals surface area contributed by atoms with Crippen LogP contribution in [0.2, 0.25) is 10.0 Å². The molecule has 2 N–H and O–H groups in total. The molecule has 1 unspecified atom stereocenters. The van der Waals surface area contributed by atoms with E-state index in [-0.39, 0.29) is 33.6 Å². The molecule has 2 aliphatic rings. The van der Waals surface area contributed by atoms with Gasteiger partial charge in [-0.2, -0.15) is 0 Å². The Hall–Kier alpha value is -1.63. The second kappa shape index (κ2) is 5.87. The lowest BCUT2D eigenvalue weighted by Crippen LogP contribution is -2.24. The third-order valence-electron chi connectivity index (χ3n) is 3.20. The first kappa shape index (κ1) is 15.3. The van der Waals surface area contributed by atoms with Crippen molar-refractivity contribution < 1.29 is 19.4 Å². The van der Waals surface area contributed by atoms with Crippen LogP contribution < -0.4 is 10.1 Å². The molecule has 0 bridgehead atoms. The number of thioether (sulfide) groups is 1. The Bertz CT molecular complexity index is 735. The molecular weight excluding hydrogens is 349 g/mol. The van der Waals surface area contributed by atoms with Crippen LogP contribution in [0.25, 0.3) is 0 Å². The van der Waals surface area contributed by atoms with Crippen molar-refractivity contribution in [2.75, 3.05) is 0 Å². The first-order valence-electron chi connectivity index (χ1n) is 6.22. The van der Waals surface area contributed by atoms with E-state index in [4.69, 9.17) is 33.0 Å². The number of fused-ring (bicyclic) bond motifs is 1. The number of hydrogen-bond acceptors (Lipinski definition) is 5. The van der Waals surface area contributed by atoms with Gasteiger partial charge in [-0.3, -0.25) is 4.79 Å². The van der Waals surface area contributed by atoms with Crippen LogP contribution in [0.1, 0.15) is 15.9 Å². The average molecular weight is 358 g/mol. The number of nitrogens with one attached hydrogen (secondary N) is 1. The predicted octanol–water partition coefficient (Wildman–Crippen LogP) is 3.21. The van der Waals surface area contributed by atoms with E-state index in [1.807, 2.05) is 5.41 Å². The third-order valence-corrected chi connectivity index (χ3v) is 4.81. The lowest BCUT2D eigenvalue weighted by molar-refractivity contribution is -0.144. The van der Waals surface area contributed by atoms with Gasteiger partial charge in [-0.05, 0) is 11.5 Å². The number of benzene rings is 1. The second-order valence-electron chi connectivity index (χ2n) is 4.63. The summed E-state index contributed by atoms with van der Waals surface area (Å²) in [6, 6.07) is 1.54. The summed E-state index contributed by atoms with van der Waals surface area (Å²) in [6.07, 6.45) is 2.27. The molecule has 0 aromatic heterocycles. The molecule has 1 aromatic carbocycles. The molecule has 114 valence electrons. The summed E-state index contributed by atoms with van der Waals surface area (Å²) < 4.78 is 5.28. The van der Waals surface area contributed by atoms with Crippen molar-refractivity contribution in [3.05, 3.63) is 50.0 Å². The predicted molar refractivity (Wildman–Crippen MR) is 84.5 cm³/mol. The number of ether oxygens (including phenoxy) is 1. The quantitative estimate of drug-likeness (QED) is 0.638. The fourth-order valence-electron chi connectivity index (χ4n) is 2.17. The molecule has 8 heteroatoms. The van der Waals surface area contributed by atoms with Crippen LogP contribution in [0, 0.1) is 0 Å². The molecule has 3 rings (SSSR count). The maximum atomic E-state index is 12.3. The van der Waals surface area contributed by atoms with E-state index in [9.17, 15) is 9.59 Å². The summed E-state index contributed by atoms with van der Waals surface area (Å²) in [5.74, 6) is -1.17. The summed E-state index contributed by atoms with van der Waals surface area (Å²) in [5, 5.41) is 14.5. The van der Waals surface area contributed by atoms with Crippen LogP contribution in [-0.2, 0) is 11.2 Å². The molecule has 2 aliphatic heterocycles. The number of allylic oxidation sites excluding steroid dienone is 1. The monoisotopic (exact) mass is 357 g/mol. The van der Waals surface area contributed by atoms with E-state index in [2.05, 4.69) is 5.32 Å². The van der Waals surface area contributed by atoms with Crippen molar-refractivity contribution in [3.8, 4) is 5.75 Å². The molecule has 0 spiro atoms. The van der Waals surface area contributed by atoms with Gasteiger partial charge in [0.2, 0.25) is 0 Å². The minimum absolute atomic E-state index is 0.0595. The number of carbonyl (C=O) groups is 2. The van der Waals surface area contributed by atoms with Gasteiger partial charge in [0.05, 0.1) is 10.1 Å². The number of ketones is 1. The summed E-state index contributed by atoms with van der Waals surface area (Å²) in [4.78, 5) is 23.4. The number of carbonyl (C=O) groups excluding carboxylic acids is 1. The van der Waals surface area contributed by atoms with Crippen molar-refractivity contribution in [2.45, 2.75) is 12.5 Å². The minimum atomic E-state index is -1.09. The van der Waals surface area contributed by atoms with Gasteiger partial charge in [0, 0.05) is 29.8 Å². The van der Waals surface area contributed by atoms with Gasteiger partial charge >= 0.3 is 5.97 Å². The summed E-state index contributed by atoms with van der Waals surface area (Å²) in [6.45, 7) is 0. The number of carboxylic acids is 1. The highest BCUT2D eigenvalue weighted by atomic mass is 35.5. The molecular formula is C14H9Cl2NO4S. The van der Waals surface area contributed by atoms with Crippen LogP contribution in [0.4, 0.5) is 0 Å². The molecule has 0 amide bonds. The van der Waals surface area contributed by atoms with E-state index >= 15 is 0 Å². The van der Waals surface area contributed by atoms with E-state index < -0.39 is 12.1 Å². The Morgan fingerprint density at radius 2 is 2.18 bits per heavy atom. The van der Waals surface area contributed by atoms with E-state index in [1.54, 1.807) is 12.3 Å². The van der Waals surface area contributed by atoms with Crippen LogP contribution in [0.5, 0.6) is 5.75 Å². The molecule has 1 atom stereocenters. The van der Waals surface area contributed by atoms with Crippen molar-refractivity contribution in [1.82, 2.24) is 5.32 Å². The Morgan fingerprint density at radius 3 is 2.82 bits per heavy atom. The molecule has 2 heterocycles. The van der Waals surface area contributed by atoms with Crippen molar-refractivity contribution in [2.24, 2.45) is 0 Å². The number of carboxylic acid groups (broad SMARTS) is 1. The molecule has 0 radical (unpaired) electrons. The van der Waals surface area contributed by atoms with E-state index in [1.165, 1.54) is 17.8 Å². The largest absolute Gasteiger partial charge is 0.478 e. The lowest BCUT2D eigenvalue weighted by Gasteiger charge is -2.09. The highest BCUT2D eigenvalue weighted by Crippen LogP contribution is 2.42. The van der Waals surface area contributed by atoms with Gasteiger partial charge in [0.25, 0.3) is 0 Å². The van der Waals surface area contributed by atoms with Crippen LogP contribution in [0.15, 0.2) is 28.8 Å². The fraction of sp³-hybridized carbons (Fsp3) is 0.143. The second-order valence-corrected chi connectivity index (χ2v) is 6.33. The Balaban J connectivity index is 1.96. The van der Waals surface area contributed by atoms with Crippen LogP contribution in [-0.4, -0.2) is 23.0 Å². The molecule has 0 aliphatic carbocycles. The number of halogens is 2. The molecule has 0 saturated heterocycles. The maximum absolute atomic E-state index is 12.3. The zero-order valence-electron chi connectivity index (χ0n) is 10.9. The molecule has 1 aromatic rings. The minimum Gasteiger partial charge on any atom is -0.478 e. The van der Waals surface area contributed by atoms with Crippen molar-refractivity contribution in [1.29, 1.82) is 0 Å². The standard InChI is InChI=1S/C14H9Cl2NO4S/c15-11-7(8(18)5-10-17-1-2-22-10)3-6-4-9(14(19)20)21-13(6)12(11)16/h1-3,5,9,17H,4H2,(H,19,20)/b10-5+. The van der Waals surface area contributed by atoms with E-state index in [0.29, 0.717) is 10.6 Å². The smallest absolute Gasteiger partial charge is 0.345 e. The van der Waals surface area contributed by atoms with Gasteiger partial charge in [-0.15, -0.1) is 0 Å². The normalized spacial score (nSPS) is 20.6. The van der Waals surface area contributed by atoms with Gasteiger partial charge < -0.3 is 15.2 Å². The van der Waals surface area contributed by atoms with E-state index in [0.717, 1.165) is 0 Å². The Kier molecular flexibility index (Phi) is 4.08. The van der Waals surface area contributed by atoms with Gasteiger partial charge in [-0.25, -0.2) is 4.79 Å². The summed E-state index contributed by atoms with van der Waals surface area (Å²) in [5.41, 5.74) is 0.788. The highest BCUT2D eigenvalue weighted by molar-refractivity contribution is 8.06. The zero-order valence-corrected chi connectivity index (χ0v) is 13.3. The van der Waals surface area contributed by atoms with Crippen molar-refractivity contribution >= 4 is 46.7 Å². The topological polar surface area (TPSA) is 75.6 Å². The zero-order chi connectivity index (χ0) is 15.9. The SMILES string of the molecule is O=C(/C=C1\NC=CS1)c1cc2c(c(Cl)c1Cl)OC(C(=O)O)C2. The van der Waals surface area contributed by atoms with Gasteiger partial charge in [0.1, 0.15) is 10.8 Å². The molecule has 5 nitrogen and oxygen atoms in total. The summed E-state index contributed by atoms with van der Waals surface area (Å²) in [7, 11) is 0. The highest BCUT2D eigenvalue weighted by Gasteiger charge is 2.33. The third kappa shape index (κ3) is 2.69. The molecule has 0 fully saturated rings. The first-order chi connectivity index (χ1) is 10.5. The fourth-order valence-corrected chi connectivity index (χ4v) is 3.27. The van der Waals surface area contributed by atoms with Gasteiger partial charge in [-0.1, -0.05) is 35.0 Å². The lowest BCUT2D eigenvalue weighted by atomic mass is 10.0. The summed E-state index contributed by atoms with van der Waals surface area (Å²) >= 11 is 13.6. The molecule has 22 heavy (non-hydrogen) atoms. The Morgan fingerprint density at radius 1 is 1.41 bits per heavy atom. The first-order valence-corrected chi connectivity index (χ1v) is 7.85. The van der Waals surface area contributed by atoms with Crippen LogP contribution in [0.3, 0.4) is 0 Å².